The fourth-order valence-electron chi connectivity index (χ4n) is 1.29. The number of nitrogens with two attached hydrogens (primary N) is 2. The molecule has 1 radical (unpaired) electrons. The summed E-state index contributed by atoms with van der Waals surface area (Å²) in [6.45, 7) is 0. The molecule has 1 amide bonds. The van der Waals surface area contributed by atoms with E-state index in [1.807, 2.05) is 6.07 Å². The molecule has 0 atom stereocenters. The van der Waals surface area contributed by atoms with Crippen molar-refractivity contribution in [1.82, 2.24) is 9.78 Å². The Balaban J connectivity index is 0.000000980. The van der Waals surface area contributed by atoms with Gasteiger partial charge in [-0.2, -0.15) is 7.05 Å². The van der Waals surface area contributed by atoms with Crippen LogP contribution in [-0.2, 0) is 32.7 Å². The number of benzene rings is 1. The van der Waals surface area contributed by atoms with Crippen molar-refractivity contribution in [2.75, 3.05) is 0 Å². The van der Waals surface area contributed by atoms with Crippen molar-refractivity contribution in [3.63, 3.8) is 0 Å². The molecule has 0 fully saturated rings. The third-order valence-electron chi connectivity index (χ3n) is 1.85. The van der Waals surface area contributed by atoms with E-state index in [4.69, 9.17) is 5.73 Å². The molecular weight excluding hydrogens is 269 g/mol. The van der Waals surface area contributed by atoms with Gasteiger partial charge in [0.2, 0.25) is 0 Å². The summed E-state index contributed by atoms with van der Waals surface area (Å²) in [6, 6.07) is 5.28. The maximum Gasteiger partial charge on any atom is 0.250 e. The Labute approximate surface area is 112 Å². The summed E-state index contributed by atoms with van der Waals surface area (Å²) in [7, 11) is 3.61. The first-order chi connectivity index (χ1) is 6.18. The third kappa shape index (κ3) is 2.56. The van der Waals surface area contributed by atoms with Gasteiger partial charge in [-0.05, 0) is 6.07 Å². The molecule has 1 heterocycles. The van der Waals surface area contributed by atoms with Crippen LogP contribution < -0.4 is 5.73 Å². The Kier molecular flexibility index (Phi) is 4.94. The standard InChI is InChI=1S/C9H8N3O.H2N.Y/c1-12-5-6-3-2-4-7(9(10)13)8(6)11-12;;/h2-5H,1H2,(H2,10,13);1H2;/q2*-1;. The molecule has 15 heavy (non-hydrogen) atoms. The van der Waals surface area contributed by atoms with Gasteiger partial charge in [-0.25, -0.2) is 5.10 Å². The van der Waals surface area contributed by atoms with Crippen molar-refractivity contribution in [2.45, 2.75) is 0 Å². The van der Waals surface area contributed by atoms with Crippen LogP contribution in [0.4, 0.5) is 0 Å². The number of rotatable bonds is 1. The fraction of sp³-hybridized carbons (Fsp3) is 0. The summed E-state index contributed by atoms with van der Waals surface area (Å²) < 4.78 is 1.41. The van der Waals surface area contributed by atoms with E-state index in [9.17, 15) is 4.79 Å². The topological polar surface area (TPSA) is 94.4 Å². The predicted octanol–water partition coefficient (Wildman–Crippen LogP) is 1.49. The van der Waals surface area contributed by atoms with Crippen LogP contribution in [0.5, 0.6) is 0 Å². The van der Waals surface area contributed by atoms with Crippen molar-refractivity contribution < 1.29 is 37.5 Å². The zero-order valence-corrected chi connectivity index (χ0v) is 10.9. The minimum absolute atomic E-state index is 0. The molecule has 0 aliphatic carbocycles. The first kappa shape index (κ1) is 14.1. The predicted molar refractivity (Wildman–Crippen MR) is 54.3 cm³/mol. The molecule has 4 N–H and O–H groups in total. The molecule has 5 nitrogen and oxygen atoms in total. The van der Waals surface area contributed by atoms with Gasteiger partial charge in [0.1, 0.15) is 0 Å². The van der Waals surface area contributed by atoms with Gasteiger partial charge >= 0.3 is 0 Å². The Morgan fingerprint density at radius 2 is 2.13 bits per heavy atom. The summed E-state index contributed by atoms with van der Waals surface area (Å²) in [6.07, 6.45) is 1.74. The maximum atomic E-state index is 11.0. The minimum atomic E-state index is -0.468. The van der Waals surface area contributed by atoms with E-state index in [1.165, 1.54) is 4.68 Å². The number of primary amides is 1. The van der Waals surface area contributed by atoms with Crippen LogP contribution in [0.1, 0.15) is 10.4 Å². The average molecular weight is 279 g/mol. The summed E-state index contributed by atoms with van der Waals surface area (Å²) in [4.78, 5) is 11.0. The normalized spacial score (nSPS) is 9.07. The molecule has 0 saturated heterocycles. The molecule has 0 unspecified atom stereocenters. The number of amides is 1. The Hall–Kier alpha value is -0.906. The zero-order valence-electron chi connectivity index (χ0n) is 8.05. The van der Waals surface area contributed by atoms with Crippen molar-refractivity contribution in [3.05, 3.63) is 43.2 Å². The second kappa shape index (κ2) is 5.25. The van der Waals surface area contributed by atoms with Crippen molar-refractivity contribution in [1.29, 1.82) is 0 Å². The van der Waals surface area contributed by atoms with E-state index in [0.717, 1.165) is 5.39 Å². The molecule has 77 valence electrons. The molecule has 0 bridgehead atoms. The monoisotopic (exact) mass is 279 g/mol. The van der Waals surface area contributed by atoms with E-state index in [1.54, 1.807) is 18.3 Å². The number of aromatic nitrogens is 2. The Bertz CT molecular complexity index is 480. The SMILES string of the molecule is [CH2-]n1cc2cccc(C(N)=O)c2n1.[NH2-].[Y]. The molecule has 1 aromatic carbocycles. The van der Waals surface area contributed by atoms with Gasteiger partial charge in [0.05, 0.1) is 11.1 Å². The fourth-order valence-corrected chi connectivity index (χ4v) is 1.29. The van der Waals surface area contributed by atoms with Gasteiger partial charge in [-0.1, -0.05) is 17.5 Å². The molecule has 6 heteroatoms. The number of hydrogen-bond donors (Lipinski definition) is 1. The van der Waals surface area contributed by atoms with E-state index in [2.05, 4.69) is 12.1 Å². The van der Waals surface area contributed by atoms with Crippen LogP contribution in [0.15, 0.2) is 24.4 Å². The third-order valence-corrected chi connectivity index (χ3v) is 1.85. The minimum Gasteiger partial charge on any atom is -0.693 e. The summed E-state index contributed by atoms with van der Waals surface area (Å²) in [5.74, 6) is -0.468. The number of carbonyl (C=O) groups is 1. The number of fused-ring (bicyclic) bond motifs is 1. The van der Waals surface area contributed by atoms with Crippen LogP contribution in [0.3, 0.4) is 0 Å². The molecule has 2 rings (SSSR count). The largest absolute Gasteiger partial charge is 0.693 e. The van der Waals surface area contributed by atoms with E-state index >= 15 is 0 Å². The molecule has 0 saturated carbocycles. The van der Waals surface area contributed by atoms with E-state index in [-0.39, 0.29) is 38.9 Å². The van der Waals surface area contributed by atoms with Gasteiger partial charge < -0.3 is 16.6 Å². The van der Waals surface area contributed by atoms with Crippen LogP contribution in [0.2, 0.25) is 0 Å². The van der Waals surface area contributed by atoms with Gasteiger partial charge in [0.15, 0.2) is 0 Å². The summed E-state index contributed by atoms with van der Waals surface area (Å²) in [5.41, 5.74) is 6.21. The van der Waals surface area contributed by atoms with Crippen molar-refractivity contribution in [3.8, 4) is 0 Å². The molecule has 1 aromatic heterocycles. The van der Waals surface area contributed by atoms with Crippen molar-refractivity contribution in [2.24, 2.45) is 5.73 Å². The van der Waals surface area contributed by atoms with Crippen LogP contribution >= 0.6 is 0 Å². The van der Waals surface area contributed by atoms with Crippen LogP contribution in [0.25, 0.3) is 17.1 Å². The molecule has 0 aliphatic heterocycles. The van der Waals surface area contributed by atoms with Gasteiger partial charge in [0, 0.05) is 32.7 Å². The second-order valence-corrected chi connectivity index (χ2v) is 2.78. The number of carbonyl (C=O) groups excluding carboxylic acids is 1. The zero-order chi connectivity index (χ0) is 9.42. The molecule has 2 aromatic rings. The van der Waals surface area contributed by atoms with E-state index in [0.29, 0.717) is 11.1 Å². The van der Waals surface area contributed by atoms with Crippen LogP contribution in [0, 0.1) is 7.05 Å². The van der Waals surface area contributed by atoms with Gasteiger partial charge in [-0.15, -0.1) is 6.20 Å². The molecule has 0 aliphatic rings. The van der Waals surface area contributed by atoms with E-state index < -0.39 is 5.91 Å². The Morgan fingerprint density at radius 3 is 2.73 bits per heavy atom. The van der Waals surface area contributed by atoms with Crippen molar-refractivity contribution >= 4 is 16.8 Å². The van der Waals surface area contributed by atoms with Gasteiger partial charge in [0.25, 0.3) is 5.91 Å². The smallest absolute Gasteiger partial charge is 0.250 e. The quantitative estimate of drug-likeness (QED) is 0.800. The first-order valence-corrected chi connectivity index (χ1v) is 3.77. The second-order valence-electron chi connectivity index (χ2n) is 2.78. The molecule has 0 spiro atoms. The molecular formula is C9H10N4OY-2. The Morgan fingerprint density at radius 1 is 1.47 bits per heavy atom. The maximum absolute atomic E-state index is 11.0. The van der Waals surface area contributed by atoms with Crippen LogP contribution in [-0.4, -0.2) is 15.7 Å². The van der Waals surface area contributed by atoms with Gasteiger partial charge in [-0.3, -0.25) is 4.79 Å². The average Bonchev–Trinajstić information content (AvgIpc) is 2.43. The summed E-state index contributed by atoms with van der Waals surface area (Å²) in [5, 5.41) is 4.91. The number of nitrogens with zero attached hydrogens (tertiary/aromatic N) is 2. The summed E-state index contributed by atoms with van der Waals surface area (Å²) >= 11 is 0. The first-order valence-electron chi connectivity index (χ1n) is 3.77. The number of hydrogen-bond acceptors (Lipinski definition) is 2.